The molecule has 2 unspecified atom stereocenters. The van der Waals surface area contributed by atoms with E-state index in [1.807, 2.05) is 12.1 Å². The molecule has 2 atom stereocenters. The standard InChI is InChI=1S/C16H25FN2/c1-4-18-11-14-5-6-16(15(17)10-14)19-8-7-12(2)9-13(19)3/h5-6,10,12-13,18H,4,7-9,11H2,1-3H3. The molecule has 1 aromatic rings. The molecular weight excluding hydrogens is 239 g/mol. The van der Waals surface area contributed by atoms with Gasteiger partial charge < -0.3 is 10.2 Å². The molecule has 0 amide bonds. The van der Waals surface area contributed by atoms with Crippen molar-refractivity contribution in [3.05, 3.63) is 29.6 Å². The zero-order valence-electron chi connectivity index (χ0n) is 12.2. The second-order valence-corrected chi connectivity index (χ2v) is 5.74. The fourth-order valence-corrected chi connectivity index (χ4v) is 2.93. The molecule has 1 aliphatic rings. The van der Waals surface area contributed by atoms with Crippen molar-refractivity contribution in [3.8, 4) is 0 Å². The summed E-state index contributed by atoms with van der Waals surface area (Å²) in [5.74, 6) is 0.666. The zero-order chi connectivity index (χ0) is 13.8. The first-order valence-corrected chi connectivity index (χ1v) is 7.37. The number of halogens is 1. The third-order valence-corrected chi connectivity index (χ3v) is 4.04. The molecular formula is C16H25FN2. The molecule has 1 fully saturated rings. The molecule has 19 heavy (non-hydrogen) atoms. The molecule has 0 saturated carbocycles. The Morgan fingerprint density at radius 2 is 2.16 bits per heavy atom. The summed E-state index contributed by atoms with van der Waals surface area (Å²) in [5.41, 5.74) is 1.78. The predicted octanol–water partition coefficient (Wildman–Crippen LogP) is 3.56. The maximum Gasteiger partial charge on any atom is 0.146 e. The molecule has 0 bridgehead atoms. The van der Waals surface area contributed by atoms with Gasteiger partial charge in [0.05, 0.1) is 5.69 Å². The highest BCUT2D eigenvalue weighted by Crippen LogP contribution is 2.29. The highest BCUT2D eigenvalue weighted by atomic mass is 19.1. The minimum atomic E-state index is -0.0863. The minimum absolute atomic E-state index is 0.0863. The van der Waals surface area contributed by atoms with Crippen molar-refractivity contribution < 1.29 is 4.39 Å². The van der Waals surface area contributed by atoms with E-state index in [9.17, 15) is 4.39 Å². The minimum Gasteiger partial charge on any atom is -0.366 e. The number of nitrogens with zero attached hydrogens (tertiary/aromatic N) is 1. The summed E-state index contributed by atoms with van der Waals surface area (Å²) in [4.78, 5) is 2.21. The van der Waals surface area contributed by atoms with E-state index in [4.69, 9.17) is 0 Å². The number of hydrogen-bond donors (Lipinski definition) is 1. The van der Waals surface area contributed by atoms with Crippen LogP contribution in [-0.2, 0) is 6.54 Å². The Morgan fingerprint density at radius 1 is 1.37 bits per heavy atom. The van der Waals surface area contributed by atoms with Crippen LogP contribution in [-0.4, -0.2) is 19.1 Å². The summed E-state index contributed by atoms with van der Waals surface area (Å²) in [6.45, 7) is 9.14. The molecule has 1 aliphatic heterocycles. The van der Waals surface area contributed by atoms with Crippen LogP contribution in [0.1, 0.15) is 39.2 Å². The molecule has 1 N–H and O–H groups in total. The lowest BCUT2D eigenvalue weighted by Crippen LogP contribution is -2.40. The van der Waals surface area contributed by atoms with Crippen LogP contribution in [0.3, 0.4) is 0 Å². The Bertz CT molecular complexity index is 419. The van der Waals surface area contributed by atoms with Gasteiger partial charge in [0.1, 0.15) is 5.82 Å². The molecule has 0 aliphatic carbocycles. The normalized spacial score (nSPS) is 23.7. The second kappa shape index (κ2) is 6.38. The highest BCUT2D eigenvalue weighted by molar-refractivity contribution is 5.50. The summed E-state index contributed by atoms with van der Waals surface area (Å²) >= 11 is 0. The average Bonchev–Trinajstić information content (AvgIpc) is 2.37. The van der Waals surface area contributed by atoms with Crippen LogP contribution in [0.2, 0.25) is 0 Å². The number of nitrogens with one attached hydrogen (secondary N) is 1. The quantitative estimate of drug-likeness (QED) is 0.894. The van der Waals surface area contributed by atoms with Crippen LogP contribution < -0.4 is 10.2 Å². The SMILES string of the molecule is CCNCc1ccc(N2CCC(C)CC2C)c(F)c1. The maximum absolute atomic E-state index is 14.3. The van der Waals surface area contributed by atoms with Crippen LogP contribution in [0.15, 0.2) is 18.2 Å². The smallest absolute Gasteiger partial charge is 0.146 e. The molecule has 2 rings (SSSR count). The fourth-order valence-electron chi connectivity index (χ4n) is 2.93. The summed E-state index contributed by atoms with van der Waals surface area (Å²) in [5, 5.41) is 3.23. The van der Waals surface area contributed by atoms with Crippen molar-refractivity contribution in [1.82, 2.24) is 5.32 Å². The third-order valence-electron chi connectivity index (χ3n) is 4.04. The molecule has 0 radical (unpaired) electrons. The number of hydrogen-bond acceptors (Lipinski definition) is 2. The van der Waals surface area contributed by atoms with Gasteiger partial charge in [-0.1, -0.05) is 19.9 Å². The number of benzene rings is 1. The van der Waals surface area contributed by atoms with Gasteiger partial charge in [0, 0.05) is 19.1 Å². The van der Waals surface area contributed by atoms with Crippen molar-refractivity contribution in [2.75, 3.05) is 18.0 Å². The maximum atomic E-state index is 14.3. The highest BCUT2D eigenvalue weighted by Gasteiger charge is 2.24. The largest absolute Gasteiger partial charge is 0.366 e. The van der Waals surface area contributed by atoms with Crippen molar-refractivity contribution >= 4 is 5.69 Å². The van der Waals surface area contributed by atoms with E-state index in [0.29, 0.717) is 6.04 Å². The number of anilines is 1. The molecule has 3 heteroatoms. The summed E-state index contributed by atoms with van der Waals surface area (Å²) < 4.78 is 14.3. The first-order valence-electron chi connectivity index (χ1n) is 7.37. The van der Waals surface area contributed by atoms with Crippen LogP contribution in [0, 0.1) is 11.7 Å². The Morgan fingerprint density at radius 3 is 2.79 bits per heavy atom. The Hall–Kier alpha value is -1.09. The first-order chi connectivity index (χ1) is 9.11. The van der Waals surface area contributed by atoms with Crippen molar-refractivity contribution in [1.29, 1.82) is 0 Å². The Balaban J connectivity index is 2.12. The molecule has 106 valence electrons. The molecule has 1 heterocycles. The predicted molar refractivity (Wildman–Crippen MR) is 79.0 cm³/mol. The van der Waals surface area contributed by atoms with Gasteiger partial charge in [-0.3, -0.25) is 0 Å². The van der Waals surface area contributed by atoms with E-state index < -0.39 is 0 Å². The number of piperidine rings is 1. The van der Waals surface area contributed by atoms with E-state index in [1.54, 1.807) is 6.07 Å². The first kappa shape index (κ1) is 14.3. The van der Waals surface area contributed by atoms with Gasteiger partial charge in [0.15, 0.2) is 0 Å². The lowest BCUT2D eigenvalue weighted by Gasteiger charge is -2.38. The van der Waals surface area contributed by atoms with Gasteiger partial charge >= 0.3 is 0 Å². The molecule has 0 aromatic heterocycles. The van der Waals surface area contributed by atoms with Crippen LogP contribution in [0.4, 0.5) is 10.1 Å². The summed E-state index contributed by atoms with van der Waals surface area (Å²) in [7, 11) is 0. The van der Waals surface area contributed by atoms with Gasteiger partial charge in [-0.15, -0.1) is 0 Å². The van der Waals surface area contributed by atoms with Crippen molar-refractivity contribution in [2.24, 2.45) is 5.92 Å². The van der Waals surface area contributed by atoms with Gasteiger partial charge in [-0.25, -0.2) is 4.39 Å². The Kier molecular flexibility index (Phi) is 4.81. The second-order valence-electron chi connectivity index (χ2n) is 5.74. The molecule has 1 saturated heterocycles. The fraction of sp³-hybridized carbons (Fsp3) is 0.625. The lowest BCUT2D eigenvalue weighted by atomic mass is 9.93. The zero-order valence-corrected chi connectivity index (χ0v) is 12.2. The molecule has 1 aromatic carbocycles. The lowest BCUT2D eigenvalue weighted by molar-refractivity contribution is 0.374. The van der Waals surface area contributed by atoms with Gasteiger partial charge in [0.25, 0.3) is 0 Å². The van der Waals surface area contributed by atoms with Crippen LogP contribution in [0.5, 0.6) is 0 Å². The molecule has 2 nitrogen and oxygen atoms in total. The van der Waals surface area contributed by atoms with Crippen molar-refractivity contribution in [3.63, 3.8) is 0 Å². The number of rotatable bonds is 4. The van der Waals surface area contributed by atoms with Gasteiger partial charge in [0.2, 0.25) is 0 Å². The summed E-state index contributed by atoms with van der Waals surface area (Å²) in [6.07, 6.45) is 2.31. The van der Waals surface area contributed by atoms with Crippen LogP contribution in [0.25, 0.3) is 0 Å². The van der Waals surface area contributed by atoms with Crippen LogP contribution >= 0.6 is 0 Å². The van der Waals surface area contributed by atoms with E-state index in [0.717, 1.165) is 49.6 Å². The van der Waals surface area contributed by atoms with Gasteiger partial charge in [-0.05, 0) is 49.9 Å². The van der Waals surface area contributed by atoms with E-state index in [1.165, 1.54) is 0 Å². The van der Waals surface area contributed by atoms with Crippen molar-refractivity contribution in [2.45, 2.75) is 46.2 Å². The third kappa shape index (κ3) is 3.47. The Labute approximate surface area is 116 Å². The van der Waals surface area contributed by atoms with E-state index in [-0.39, 0.29) is 5.82 Å². The monoisotopic (exact) mass is 264 g/mol. The summed E-state index contributed by atoms with van der Waals surface area (Å²) in [6, 6.07) is 6.07. The topological polar surface area (TPSA) is 15.3 Å². The molecule has 0 spiro atoms. The van der Waals surface area contributed by atoms with E-state index in [2.05, 4.69) is 31.0 Å². The van der Waals surface area contributed by atoms with Gasteiger partial charge in [-0.2, -0.15) is 0 Å². The van der Waals surface area contributed by atoms with E-state index >= 15 is 0 Å². The average molecular weight is 264 g/mol.